The van der Waals surface area contributed by atoms with Crippen molar-refractivity contribution in [2.24, 2.45) is 0 Å². The number of H-pyrrole nitrogens is 1. The second-order valence-electron chi connectivity index (χ2n) is 9.86. The lowest BCUT2D eigenvalue weighted by Crippen LogP contribution is -2.61. The summed E-state index contributed by atoms with van der Waals surface area (Å²) in [5.41, 5.74) is 7.00. The molecule has 0 aliphatic carbocycles. The van der Waals surface area contributed by atoms with Gasteiger partial charge in [0.2, 0.25) is 5.95 Å². The van der Waals surface area contributed by atoms with Gasteiger partial charge < -0.3 is 25.6 Å². The Morgan fingerprint density at radius 3 is 2.69 bits per heavy atom. The molecule has 0 bridgehead atoms. The normalized spacial score (nSPS) is 21.9. The highest BCUT2D eigenvalue weighted by atomic mass is 19.1. The van der Waals surface area contributed by atoms with Crippen LogP contribution in [0.2, 0.25) is 0 Å². The van der Waals surface area contributed by atoms with Gasteiger partial charge in [0.25, 0.3) is 0 Å². The summed E-state index contributed by atoms with van der Waals surface area (Å²) in [5, 5.41) is 10.4. The number of nitrogens with one attached hydrogen (secondary N) is 2. The van der Waals surface area contributed by atoms with E-state index in [-0.39, 0.29) is 35.6 Å². The van der Waals surface area contributed by atoms with E-state index in [4.69, 9.17) is 10.5 Å². The number of urea groups is 1. The van der Waals surface area contributed by atoms with Gasteiger partial charge in [0, 0.05) is 44.4 Å². The second-order valence-corrected chi connectivity index (χ2v) is 9.86. The molecule has 11 nitrogen and oxygen atoms in total. The number of carbonyl (C=O) groups is 1. The Morgan fingerprint density at radius 1 is 1.26 bits per heavy atom. The zero-order chi connectivity index (χ0) is 25.5. The second kappa shape index (κ2) is 9.57. The van der Waals surface area contributed by atoms with Crippen molar-refractivity contribution in [3.05, 3.63) is 22.8 Å². The fraction of sp³-hybridized carbons (Fsp3) is 0.652. The maximum atomic E-state index is 14.8. The smallest absolute Gasteiger partial charge is 0.321 e. The van der Waals surface area contributed by atoms with Gasteiger partial charge >= 0.3 is 6.03 Å². The highest BCUT2D eigenvalue weighted by Crippen LogP contribution is 2.42. The Bertz CT molecular complexity index is 1090. The molecule has 12 heteroatoms. The number of hydrogen-bond acceptors (Lipinski definition) is 8. The van der Waals surface area contributed by atoms with E-state index in [9.17, 15) is 9.18 Å². The number of ether oxygens (including phenoxy) is 1. The molecule has 2 atom stereocenters. The van der Waals surface area contributed by atoms with Gasteiger partial charge in [-0.05, 0) is 34.1 Å². The Hall–Kier alpha value is -2.99. The van der Waals surface area contributed by atoms with E-state index in [1.807, 2.05) is 23.6 Å². The molecule has 4 N–H and O–H groups in total. The van der Waals surface area contributed by atoms with Crippen LogP contribution in [-0.2, 0) is 23.2 Å². The summed E-state index contributed by atoms with van der Waals surface area (Å²) in [4.78, 5) is 27.9. The molecule has 2 aromatic heterocycles. The van der Waals surface area contributed by atoms with Crippen molar-refractivity contribution in [2.45, 2.75) is 65.2 Å². The summed E-state index contributed by atoms with van der Waals surface area (Å²) >= 11 is 0. The summed E-state index contributed by atoms with van der Waals surface area (Å²) in [7, 11) is 1.70. The number of aromatic nitrogens is 4. The third kappa shape index (κ3) is 4.52. The average molecular weight is 490 g/mol. The minimum Gasteiger partial charge on any atom is -0.383 e. The number of piperazine rings is 1. The van der Waals surface area contributed by atoms with Crippen molar-refractivity contribution in [2.75, 3.05) is 44.4 Å². The van der Waals surface area contributed by atoms with Crippen LogP contribution >= 0.6 is 0 Å². The Kier molecular flexibility index (Phi) is 6.87. The monoisotopic (exact) mass is 489 g/mol. The molecule has 0 aromatic carbocycles. The molecule has 0 unspecified atom stereocenters. The van der Waals surface area contributed by atoms with Crippen LogP contribution in [-0.4, -0.2) is 86.3 Å². The number of nitrogens with zero attached hydrogens (tertiary/aromatic N) is 6. The predicted molar refractivity (Wildman–Crippen MR) is 131 cm³/mol. The van der Waals surface area contributed by atoms with Gasteiger partial charge in [-0.15, -0.1) is 0 Å². The number of nitrogens with two attached hydrogens (primary N) is 1. The van der Waals surface area contributed by atoms with E-state index in [2.05, 4.69) is 44.2 Å². The summed E-state index contributed by atoms with van der Waals surface area (Å²) in [6, 6.07) is 0.264. The van der Waals surface area contributed by atoms with Gasteiger partial charge in [-0.2, -0.15) is 10.1 Å². The summed E-state index contributed by atoms with van der Waals surface area (Å²) in [6.45, 7) is 13.3. The minimum atomic E-state index is -0.618. The topological polar surface area (TPSA) is 129 Å². The van der Waals surface area contributed by atoms with E-state index >= 15 is 0 Å². The van der Waals surface area contributed by atoms with Gasteiger partial charge in [-0.1, -0.05) is 6.92 Å². The third-order valence-electron chi connectivity index (χ3n) is 7.15. The van der Waals surface area contributed by atoms with Gasteiger partial charge in [0.05, 0.1) is 30.1 Å². The number of hydrogen-bond donors (Lipinski definition) is 3. The first kappa shape index (κ1) is 25.1. The van der Waals surface area contributed by atoms with Crippen LogP contribution in [0.15, 0.2) is 0 Å². The fourth-order valence-electron chi connectivity index (χ4n) is 5.01. The minimum absolute atomic E-state index is 0.0113. The largest absolute Gasteiger partial charge is 0.383 e. The van der Waals surface area contributed by atoms with E-state index < -0.39 is 11.4 Å². The molecule has 2 amide bonds. The first-order valence-electron chi connectivity index (χ1n) is 12.1. The third-order valence-corrected chi connectivity index (χ3v) is 7.15. The van der Waals surface area contributed by atoms with Crippen LogP contribution in [0.4, 0.5) is 26.8 Å². The van der Waals surface area contributed by atoms with Gasteiger partial charge in [-0.3, -0.25) is 10.00 Å². The number of methoxy groups -OCH3 is 1. The maximum absolute atomic E-state index is 14.8. The van der Waals surface area contributed by atoms with Crippen LogP contribution in [0.3, 0.4) is 0 Å². The molecular weight excluding hydrogens is 453 g/mol. The molecule has 192 valence electrons. The van der Waals surface area contributed by atoms with E-state index in [0.717, 1.165) is 24.3 Å². The Morgan fingerprint density at radius 2 is 2.00 bits per heavy atom. The number of amides is 2. The summed E-state index contributed by atoms with van der Waals surface area (Å²) in [5.74, 6) is -0.172. The number of nitrogen functional groups attached to an aromatic ring is 1. The lowest BCUT2D eigenvalue weighted by atomic mass is 10.0. The van der Waals surface area contributed by atoms with Crippen molar-refractivity contribution >= 4 is 23.6 Å². The van der Waals surface area contributed by atoms with Crippen LogP contribution < -0.4 is 11.1 Å². The predicted octanol–water partition coefficient (Wildman–Crippen LogP) is 2.44. The van der Waals surface area contributed by atoms with Crippen LogP contribution in [0.5, 0.6) is 0 Å². The number of rotatable bonds is 6. The zero-order valence-corrected chi connectivity index (χ0v) is 21.4. The molecule has 35 heavy (non-hydrogen) atoms. The summed E-state index contributed by atoms with van der Waals surface area (Å²) in [6.07, 6.45) is 0.385. The van der Waals surface area contributed by atoms with Crippen LogP contribution in [0, 0.1) is 5.82 Å². The van der Waals surface area contributed by atoms with E-state index in [1.165, 1.54) is 0 Å². The Balaban J connectivity index is 1.54. The van der Waals surface area contributed by atoms with E-state index in [1.54, 1.807) is 14.0 Å². The summed E-state index contributed by atoms with van der Waals surface area (Å²) < 4.78 is 20.1. The number of carbonyl (C=O) groups excluding carboxylic acids is 1. The average Bonchev–Trinajstić information content (AvgIpc) is 3.33. The van der Waals surface area contributed by atoms with Crippen molar-refractivity contribution < 1.29 is 13.9 Å². The molecule has 1 saturated heterocycles. The zero-order valence-electron chi connectivity index (χ0n) is 21.4. The van der Waals surface area contributed by atoms with Gasteiger partial charge in [0.15, 0.2) is 17.5 Å². The number of fused-ring (bicyclic) bond motifs is 1. The molecule has 2 aromatic rings. The van der Waals surface area contributed by atoms with Crippen molar-refractivity contribution in [3.8, 4) is 0 Å². The van der Waals surface area contributed by atoms with E-state index in [0.29, 0.717) is 31.9 Å². The van der Waals surface area contributed by atoms with Crippen LogP contribution in [0.1, 0.15) is 51.6 Å². The molecule has 4 rings (SSSR count). The molecule has 1 fully saturated rings. The highest BCUT2D eigenvalue weighted by Gasteiger charge is 2.46. The maximum Gasteiger partial charge on any atom is 0.321 e. The molecular formula is C23H36FN9O2. The number of aryl methyl sites for hydroxylation is 1. The highest BCUT2D eigenvalue weighted by molar-refractivity contribution is 5.78. The molecule has 0 radical (unpaired) electrons. The molecule has 0 saturated carbocycles. The first-order chi connectivity index (χ1) is 16.6. The van der Waals surface area contributed by atoms with Gasteiger partial charge in [0.1, 0.15) is 0 Å². The standard InChI is InChI=1S/C23H36FN9O2/c1-7-16-17(24)20(28-21(25)26-16)27-19-15-12-33(23(4,5)18(15)29-30-19)22(34)32-11-13(2)31(8-9-35-6)10-14(32)3/h13-14H,7-12H2,1-6H3,(H4,25,26,27,28,29,30)/t13-,14+/m1/s1. The number of aromatic amines is 1. The molecule has 2 aliphatic heterocycles. The number of halogens is 1. The number of anilines is 3. The van der Waals surface area contributed by atoms with Crippen LogP contribution in [0.25, 0.3) is 0 Å². The first-order valence-corrected chi connectivity index (χ1v) is 12.1. The van der Waals surface area contributed by atoms with Crippen molar-refractivity contribution in [1.82, 2.24) is 34.9 Å². The quantitative estimate of drug-likeness (QED) is 0.564. The molecule has 4 heterocycles. The lowest BCUT2D eigenvalue weighted by Gasteiger charge is -2.46. The SMILES string of the molecule is CCc1nc(N)nc(Nc2n[nH]c3c2CN(C(=O)N2C[C@@H](C)N(CCOC)C[C@@H]2C)C3(C)C)c1F. The molecule has 2 aliphatic rings. The molecule has 0 spiro atoms. The fourth-order valence-corrected chi connectivity index (χ4v) is 5.01. The van der Waals surface area contributed by atoms with Gasteiger partial charge in [-0.25, -0.2) is 14.2 Å². The van der Waals surface area contributed by atoms with Crippen molar-refractivity contribution in [3.63, 3.8) is 0 Å². The lowest BCUT2D eigenvalue weighted by molar-refractivity contribution is 0.0242. The Labute approximate surface area is 205 Å². The van der Waals surface area contributed by atoms with Crippen molar-refractivity contribution in [1.29, 1.82) is 0 Å².